The first-order valence-electron chi connectivity index (χ1n) is 6.06. The molecule has 3 aromatic rings. The number of halogens is 1. The van der Waals surface area contributed by atoms with Crippen molar-refractivity contribution in [2.75, 3.05) is 5.32 Å². The van der Waals surface area contributed by atoms with E-state index in [1.165, 1.54) is 11.3 Å². The fourth-order valence-corrected chi connectivity index (χ4v) is 3.32. The fraction of sp³-hybridized carbons (Fsp3) is 0.0667. The Morgan fingerprint density at radius 2 is 1.95 bits per heavy atom. The van der Waals surface area contributed by atoms with Gasteiger partial charge < -0.3 is 0 Å². The third kappa shape index (κ3) is 2.59. The van der Waals surface area contributed by atoms with E-state index in [2.05, 4.69) is 26.2 Å². The zero-order valence-corrected chi connectivity index (χ0v) is 13.1. The third-order valence-electron chi connectivity index (χ3n) is 2.90. The maximum atomic E-state index is 12.1. The molecular formula is C15H11BrN2OS. The number of rotatable bonds is 2. The van der Waals surface area contributed by atoms with Gasteiger partial charge in [0, 0.05) is 10.0 Å². The molecule has 1 amide bonds. The van der Waals surface area contributed by atoms with Crippen LogP contribution in [-0.4, -0.2) is 10.9 Å². The number of amides is 1. The number of nitrogens with one attached hydrogen (secondary N) is 1. The Morgan fingerprint density at radius 3 is 2.65 bits per heavy atom. The van der Waals surface area contributed by atoms with Gasteiger partial charge in [-0.3, -0.25) is 10.1 Å². The van der Waals surface area contributed by atoms with Crippen molar-refractivity contribution < 1.29 is 4.79 Å². The molecule has 0 radical (unpaired) electrons. The molecule has 2 aromatic carbocycles. The van der Waals surface area contributed by atoms with Crippen molar-refractivity contribution >= 4 is 48.5 Å². The van der Waals surface area contributed by atoms with E-state index < -0.39 is 0 Å². The van der Waals surface area contributed by atoms with Crippen molar-refractivity contribution in [3.63, 3.8) is 0 Å². The number of nitrogens with zero attached hydrogens (tertiary/aromatic N) is 1. The minimum atomic E-state index is -0.139. The Kier molecular flexibility index (Phi) is 3.54. The Labute approximate surface area is 128 Å². The first kappa shape index (κ1) is 13.3. The molecule has 0 spiro atoms. The number of benzene rings is 2. The van der Waals surface area contributed by atoms with Gasteiger partial charge in [0.2, 0.25) is 0 Å². The molecule has 0 bridgehead atoms. The molecule has 100 valence electrons. The standard InChI is InChI=1S/C15H11BrN2OS/c1-9-5-7-10(8-6-9)14(19)18-15-17-13-11(16)3-2-4-12(13)20-15/h2-8H,1H3,(H,17,18,19). The first-order chi connectivity index (χ1) is 9.63. The summed E-state index contributed by atoms with van der Waals surface area (Å²) in [5.41, 5.74) is 2.64. The number of anilines is 1. The van der Waals surface area contributed by atoms with Crippen LogP contribution in [0, 0.1) is 6.92 Å². The minimum Gasteiger partial charge on any atom is -0.298 e. The highest BCUT2D eigenvalue weighted by molar-refractivity contribution is 9.10. The summed E-state index contributed by atoms with van der Waals surface area (Å²) in [7, 11) is 0. The number of aromatic nitrogens is 1. The molecule has 1 aromatic heterocycles. The second-order valence-electron chi connectivity index (χ2n) is 4.43. The van der Waals surface area contributed by atoms with Crippen molar-refractivity contribution in [2.24, 2.45) is 0 Å². The number of fused-ring (bicyclic) bond motifs is 1. The van der Waals surface area contributed by atoms with Gasteiger partial charge in [-0.05, 0) is 47.1 Å². The second-order valence-corrected chi connectivity index (χ2v) is 6.31. The van der Waals surface area contributed by atoms with Crippen molar-refractivity contribution in [1.29, 1.82) is 0 Å². The predicted molar refractivity (Wildman–Crippen MR) is 86.5 cm³/mol. The average Bonchev–Trinajstić information content (AvgIpc) is 2.83. The highest BCUT2D eigenvalue weighted by Gasteiger charge is 2.10. The van der Waals surface area contributed by atoms with E-state index in [1.807, 2.05) is 49.4 Å². The van der Waals surface area contributed by atoms with Crippen LogP contribution in [0.15, 0.2) is 46.9 Å². The van der Waals surface area contributed by atoms with Crippen molar-refractivity contribution in [1.82, 2.24) is 4.98 Å². The SMILES string of the molecule is Cc1ccc(C(=O)Nc2nc3c(Br)cccc3s2)cc1. The summed E-state index contributed by atoms with van der Waals surface area (Å²) in [6, 6.07) is 13.3. The zero-order valence-electron chi connectivity index (χ0n) is 10.7. The molecule has 0 unspecified atom stereocenters. The normalized spacial score (nSPS) is 10.7. The van der Waals surface area contributed by atoms with Gasteiger partial charge in [-0.25, -0.2) is 4.98 Å². The van der Waals surface area contributed by atoms with E-state index in [1.54, 1.807) is 0 Å². The van der Waals surface area contributed by atoms with Gasteiger partial charge in [-0.1, -0.05) is 35.1 Å². The largest absolute Gasteiger partial charge is 0.298 e. The number of para-hydroxylation sites is 1. The first-order valence-corrected chi connectivity index (χ1v) is 7.67. The second kappa shape index (κ2) is 5.34. The van der Waals surface area contributed by atoms with Crippen LogP contribution in [0.5, 0.6) is 0 Å². The van der Waals surface area contributed by atoms with Gasteiger partial charge in [0.1, 0.15) is 0 Å². The molecule has 0 aliphatic heterocycles. The van der Waals surface area contributed by atoms with Crippen LogP contribution < -0.4 is 5.32 Å². The molecule has 0 saturated heterocycles. The maximum Gasteiger partial charge on any atom is 0.257 e. The lowest BCUT2D eigenvalue weighted by molar-refractivity contribution is 0.102. The highest BCUT2D eigenvalue weighted by Crippen LogP contribution is 2.31. The summed E-state index contributed by atoms with van der Waals surface area (Å²) >= 11 is 4.93. The molecule has 0 atom stereocenters. The number of hydrogen-bond acceptors (Lipinski definition) is 3. The third-order valence-corrected chi connectivity index (χ3v) is 4.48. The summed E-state index contributed by atoms with van der Waals surface area (Å²) in [6.07, 6.45) is 0. The Balaban J connectivity index is 1.87. The van der Waals surface area contributed by atoms with Crippen LogP contribution >= 0.6 is 27.3 Å². The molecule has 3 nitrogen and oxygen atoms in total. The van der Waals surface area contributed by atoms with Gasteiger partial charge in [-0.15, -0.1) is 0 Å². The summed E-state index contributed by atoms with van der Waals surface area (Å²) in [6.45, 7) is 1.99. The van der Waals surface area contributed by atoms with Crippen LogP contribution in [-0.2, 0) is 0 Å². The molecule has 5 heteroatoms. The Hall–Kier alpha value is -1.72. The summed E-state index contributed by atoms with van der Waals surface area (Å²) in [5.74, 6) is -0.139. The van der Waals surface area contributed by atoms with Gasteiger partial charge in [0.05, 0.1) is 10.2 Å². The van der Waals surface area contributed by atoms with Crippen LogP contribution in [0.1, 0.15) is 15.9 Å². The van der Waals surface area contributed by atoms with Crippen molar-refractivity contribution in [2.45, 2.75) is 6.92 Å². The quantitative estimate of drug-likeness (QED) is 0.735. The molecule has 0 saturated carbocycles. The van der Waals surface area contributed by atoms with E-state index in [0.29, 0.717) is 10.7 Å². The highest BCUT2D eigenvalue weighted by atomic mass is 79.9. The summed E-state index contributed by atoms with van der Waals surface area (Å²) in [5, 5.41) is 3.45. The lowest BCUT2D eigenvalue weighted by Crippen LogP contribution is -2.11. The fourth-order valence-electron chi connectivity index (χ4n) is 1.84. The van der Waals surface area contributed by atoms with Crippen LogP contribution in [0.3, 0.4) is 0 Å². The zero-order chi connectivity index (χ0) is 14.1. The van der Waals surface area contributed by atoms with E-state index in [9.17, 15) is 4.79 Å². The maximum absolute atomic E-state index is 12.1. The topological polar surface area (TPSA) is 42.0 Å². The molecule has 0 aliphatic carbocycles. The van der Waals surface area contributed by atoms with Gasteiger partial charge in [0.25, 0.3) is 5.91 Å². The van der Waals surface area contributed by atoms with E-state index in [4.69, 9.17) is 0 Å². The van der Waals surface area contributed by atoms with Crippen LogP contribution in [0.2, 0.25) is 0 Å². The van der Waals surface area contributed by atoms with Crippen LogP contribution in [0.4, 0.5) is 5.13 Å². The monoisotopic (exact) mass is 346 g/mol. The number of aryl methyl sites for hydroxylation is 1. The Bertz CT molecular complexity index is 780. The molecule has 0 aliphatic rings. The van der Waals surface area contributed by atoms with E-state index >= 15 is 0 Å². The van der Waals surface area contributed by atoms with Gasteiger partial charge >= 0.3 is 0 Å². The molecule has 20 heavy (non-hydrogen) atoms. The van der Waals surface area contributed by atoms with Crippen molar-refractivity contribution in [3.05, 3.63) is 58.1 Å². The lowest BCUT2D eigenvalue weighted by atomic mass is 10.1. The predicted octanol–water partition coefficient (Wildman–Crippen LogP) is 4.62. The smallest absolute Gasteiger partial charge is 0.257 e. The Morgan fingerprint density at radius 1 is 1.20 bits per heavy atom. The molecule has 1 heterocycles. The van der Waals surface area contributed by atoms with Crippen LogP contribution in [0.25, 0.3) is 10.2 Å². The number of thiazole rings is 1. The number of carbonyl (C=O) groups excluding carboxylic acids is 1. The average molecular weight is 347 g/mol. The number of hydrogen-bond donors (Lipinski definition) is 1. The van der Waals surface area contributed by atoms with E-state index in [-0.39, 0.29) is 5.91 Å². The van der Waals surface area contributed by atoms with E-state index in [0.717, 1.165) is 20.3 Å². The van der Waals surface area contributed by atoms with Gasteiger partial charge in [0.15, 0.2) is 5.13 Å². The minimum absolute atomic E-state index is 0.139. The molecule has 1 N–H and O–H groups in total. The molecule has 0 fully saturated rings. The summed E-state index contributed by atoms with van der Waals surface area (Å²) < 4.78 is 1.97. The van der Waals surface area contributed by atoms with Crippen molar-refractivity contribution in [3.8, 4) is 0 Å². The number of carbonyl (C=O) groups is 1. The molecular weight excluding hydrogens is 336 g/mol. The van der Waals surface area contributed by atoms with Gasteiger partial charge in [-0.2, -0.15) is 0 Å². The molecule has 3 rings (SSSR count). The summed E-state index contributed by atoms with van der Waals surface area (Å²) in [4.78, 5) is 16.6. The lowest BCUT2D eigenvalue weighted by Gasteiger charge is -2.01.